The molecular weight excluding hydrogens is 274 g/mol. The van der Waals surface area contributed by atoms with Crippen molar-refractivity contribution in [1.82, 2.24) is 9.38 Å². The fourth-order valence-corrected chi connectivity index (χ4v) is 1.96. The number of imidazole rings is 1. The molecule has 0 aliphatic rings. The van der Waals surface area contributed by atoms with E-state index in [9.17, 15) is 4.39 Å². The highest BCUT2D eigenvalue weighted by Gasteiger charge is 2.12. The zero-order valence-corrected chi connectivity index (χ0v) is 9.18. The fourth-order valence-electron chi connectivity index (χ4n) is 1.23. The molecule has 0 bridgehead atoms. The first kappa shape index (κ1) is 9.89. The lowest BCUT2D eigenvalue weighted by atomic mass is 10.4. The second-order valence-corrected chi connectivity index (χ2v) is 3.92. The molecule has 0 aliphatic carbocycles. The smallest absolute Gasteiger partial charge is 0.153 e. The summed E-state index contributed by atoms with van der Waals surface area (Å²) in [7, 11) is 0. The minimum atomic E-state index is -0.423. The molecule has 0 amide bonds. The van der Waals surface area contributed by atoms with E-state index >= 15 is 0 Å². The van der Waals surface area contributed by atoms with Crippen LogP contribution in [0.1, 0.15) is 5.69 Å². The number of nitrogens with zero attached hydrogens (tertiary/aromatic N) is 2. The van der Waals surface area contributed by atoms with Crippen molar-refractivity contribution in [3.8, 4) is 0 Å². The largest absolute Gasteiger partial charge is 0.390 e. The number of fused-ring (bicyclic) bond motifs is 1. The minimum absolute atomic E-state index is 0.179. The van der Waals surface area contributed by atoms with Gasteiger partial charge in [0.25, 0.3) is 0 Å². The van der Waals surface area contributed by atoms with E-state index in [2.05, 4.69) is 20.9 Å². The molecule has 0 atom stereocenters. The lowest BCUT2D eigenvalue weighted by molar-refractivity contribution is 0.275. The Labute approximate surface area is 92.3 Å². The normalized spacial score (nSPS) is 11.1. The highest BCUT2D eigenvalue weighted by molar-refractivity contribution is 9.10. The molecule has 2 aromatic heterocycles. The first-order valence-electron chi connectivity index (χ1n) is 3.76. The monoisotopic (exact) mass is 278 g/mol. The summed E-state index contributed by atoms with van der Waals surface area (Å²) in [6.45, 7) is -0.282. The molecule has 2 aromatic rings. The Morgan fingerprint density at radius 3 is 3.00 bits per heavy atom. The Morgan fingerprint density at radius 1 is 1.64 bits per heavy atom. The second kappa shape index (κ2) is 3.49. The molecule has 0 fully saturated rings. The molecule has 3 nitrogen and oxygen atoms in total. The molecule has 2 rings (SSSR count). The van der Waals surface area contributed by atoms with Gasteiger partial charge in [0.1, 0.15) is 5.82 Å². The van der Waals surface area contributed by atoms with Crippen molar-refractivity contribution in [2.45, 2.75) is 6.61 Å². The van der Waals surface area contributed by atoms with Gasteiger partial charge in [-0.1, -0.05) is 11.6 Å². The number of halogens is 3. The predicted octanol–water partition coefficient (Wildman–Crippen LogP) is 2.38. The molecule has 1 N–H and O–H groups in total. The Morgan fingerprint density at radius 2 is 2.36 bits per heavy atom. The van der Waals surface area contributed by atoms with Gasteiger partial charge in [-0.25, -0.2) is 9.37 Å². The summed E-state index contributed by atoms with van der Waals surface area (Å²) >= 11 is 8.92. The predicted molar refractivity (Wildman–Crippen MR) is 53.8 cm³/mol. The van der Waals surface area contributed by atoms with Gasteiger partial charge < -0.3 is 5.11 Å². The van der Waals surface area contributed by atoms with E-state index in [-0.39, 0.29) is 11.8 Å². The summed E-state index contributed by atoms with van der Waals surface area (Å²) in [4.78, 5) is 3.98. The molecular formula is C8H5BrClFN2O. The maximum atomic E-state index is 13.0. The van der Waals surface area contributed by atoms with Gasteiger partial charge in [-0.3, -0.25) is 4.40 Å². The van der Waals surface area contributed by atoms with E-state index in [0.29, 0.717) is 15.8 Å². The van der Waals surface area contributed by atoms with Crippen LogP contribution < -0.4 is 0 Å². The second-order valence-electron chi connectivity index (χ2n) is 2.71. The summed E-state index contributed by atoms with van der Waals surface area (Å²) in [6, 6.07) is 1.29. The number of aliphatic hydroxyl groups is 1. The Kier molecular flexibility index (Phi) is 2.47. The fraction of sp³-hybridized carbons (Fsp3) is 0.125. The van der Waals surface area contributed by atoms with Crippen LogP contribution in [0.25, 0.3) is 5.65 Å². The zero-order valence-electron chi connectivity index (χ0n) is 6.84. The van der Waals surface area contributed by atoms with Crippen LogP contribution in [0.5, 0.6) is 0 Å². The average Bonchev–Trinajstić information content (AvgIpc) is 2.41. The number of pyridine rings is 1. The third-order valence-electron chi connectivity index (χ3n) is 1.84. The van der Waals surface area contributed by atoms with Crippen molar-refractivity contribution in [1.29, 1.82) is 0 Å². The summed E-state index contributed by atoms with van der Waals surface area (Å²) in [5.74, 6) is -0.423. The van der Waals surface area contributed by atoms with Gasteiger partial charge in [0.2, 0.25) is 0 Å². The van der Waals surface area contributed by atoms with Crippen LogP contribution >= 0.6 is 27.5 Å². The van der Waals surface area contributed by atoms with Gasteiger partial charge in [0, 0.05) is 6.20 Å². The van der Waals surface area contributed by atoms with Crippen LogP contribution in [0.2, 0.25) is 5.15 Å². The quantitative estimate of drug-likeness (QED) is 0.870. The van der Waals surface area contributed by atoms with Crippen LogP contribution in [0, 0.1) is 5.82 Å². The zero-order chi connectivity index (χ0) is 10.3. The van der Waals surface area contributed by atoms with Crippen LogP contribution in [0.4, 0.5) is 4.39 Å². The van der Waals surface area contributed by atoms with E-state index in [1.54, 1.807) is 0 Å². The summed E-state index contributed by atoms with van der Waals surface area (Å²) in [6.07, 6.45) is 1.23. The van der Waals surface area contributed by atoms with Crippen molar-refractivity contribution in [2.24, 2.45) is 0 Å². The van der Waals surface area contributed by atoms with Crippen LogP contribution in [-0.2, 0) is 6.61 Å². The van der Waals surface area contributed by atoms with Gasteiger partial charge in [-0.15, -0.1) is 0 Å². The molecule has 74 valence electrons. The highest BCUT2D eigenvalue weighted by atomic mass is 79.9. The van der Waals surface area contributed by atoms with Crippen LogP contribution in [0.3, 0.4) is 0 Å². The Balaban J connectivity index is 2.87. The first-order valence-corrected chi connectivity index (χ1v) is 4.93. The highest BCUT2D eigenvalue weighted by Crippen LogP contribution is 2.24. The lowest BCUT2D eigenvalue weighted by Crippen LogP contribution is -1.94. The first-order chi connectivity index (χ1) is 6.63. The Bertz CT molecular complexity index is 500. The van der Waals surface area contributed by atoms with Crippen molar-refractivity contribution in [3.63, 3.8) is 0 Å². The average molecular weight is 279 g/mol. The molecule has 0 saturated heterocycles. The van der Waals surface area contributed by atoms with E-state index in [1.807, 2.05) is 0 Å². The minimum Gasteiger partial charge on any atom is -0.390 e. The van der Waals surface area contributed by atoms with Gasteiger partial charge in [0.15, 0.2) is 10.8 Å². The molecule has 2 heterocycles. The summed E-state index contributed by atoms with van der Waals surface area (Å²) in [5, 5.41) is 9.18. The van der Waals surface area contributed by atoms with Crippen LogP contribution in [-0.4, -0.2) is 14.5 Å². The van der Waals surface area contributed by atoms with E-state index in [1.165, 1.54) is 16.7 Å². The summed E-state index contributed by atoms with van der Waals surface area (Å²) < 4.78 is 14.9. The molecule has 0 saturated carbocycles. The maximum absolute atomic E-state index is 13.0. The molecule has 0 spiro atoms. The van der Waals surface area contributed by atoms with E-state index < -0.39 is 5.82 Å². The van der Waals surface area contributed by atoms with Gasteiger partial charge >= 0.3 is 0 Å². The van der Waals surface area contributed by atoms with Gasteiger partial charge in [-0.05, 0) is 22.0 Å². The lowest BCUT2D eigenvalue weighted by Gasteiger charge is -1.99. The number of aliphatic hydroxyl groups excluding tert-OH is 1. The molecule has 6 heteroatoms. The standard InChI is InChI=1S/C8H5BrClFN2O/c9-5-1-4(11)2-13-6(3-14)7(10)12-8(5)13/h1-2,14H,3H2. The third kappa shape index (κ3) is 1.41. The SMILES string of the molecule is OCc1c(Cl)nc2c(Br)cc(F)cn12. The number of rotatable bonds is 1. The van der Waals surface area contributed by atoms with Crippen molar-refractivity contribution < 1.29 is 9.50 Å². The molecule has 0 unspecified atom stereocenters. The number of hydrogen-bond acceptors (Lipinski definition) is 2. The van der Waals surface area contributed by atoms with Crippen LogP contribution in [0.15, 0.2) is 16.7 Å². The third-order valence-corrected chi connectivity index (χ3v) is 2.73. The van der Waals surface area contributed by atoms with Crippen molar-refractivity contribution >= 4 is 33.2 Å². The molecule has 0 aliphatic heterocycles. The topological polar surface area (TPSA) is 37.5 Å². The van der Waals surface area contributed by atoms with Crippen molar-refractivity contribution in [3.05, 3.63) is 33.4 Å². The van der Waals surface area contributed by atoms with Gasteiger partial charge in [0.05, 0.1) is 16.8 Å². The van der Waals surface area contributed by atoms with E-state index in [0.717, 1.165) is 0 Å². The molecule has 0 aromatic carbocycles. The van der Waals surface area contributed by atoms with Gasteiger partial charge in [-0.2, -0.15) is 0 Å². The molecule has 0 radical (unpaired) electrons. The number of hydrogen-bond donors (Lipinski definition) is 1. The molecule has 14 heavy (non-hydrogen) atoms. The van der Waals surface area contributed by atoms with E-state index in [4.69, 9.17) is 16.7 Å². The Hall–Kier alpha value is -0.650. The summed E-state index contributed by atoms with van der Waals surface area (Å²) in [5.41, 5.74) is 0.863. The van der Waals surface area contributed by atoms with Crippen molar-refractivity contribution in [2.75, 3.05) is 0 Å². The number of aromatic nitrogens is 2. The maximum Gasteiger partial charge on any atom is 0.153 e.